The van der Waals surface area contributed by atoms with Gasteiger partial charge in [-0.25, -0.2) is 13.8 Å². The van der Waals surface area contributed by atoms with Crippen LogP contribution in [0.2, 0.25) is 0 Å². The Hall–Kier alpha value is -3.10. The van der Waals surface area contributed by atoms with Crippen LogP contribution in [0.5, 0.6) is 0 Å². The molecule has 1 aliphatic heterocycles. The molecule has 1 atom stereocenters. The average Bonchev–Trinajstić information content (AvgIpc) is 3.30. The zero-order valence-corrected chi connectivity index (χ0v) is 11.9. The summed E-state index contributed by atoms with van der Waals surface area (Å²) >= 11 is 0. The van der Waals surface area contributed by atoms with E-state index in [1.165, 1.54) is 16.9 Å². The normalized spacial score (nSPS) is 17.1. The van der Waals surface area contributed by atoms with Crippen LogP contribution in [0.4, 0.5) is 4.39 Å². The molecule has 3 heterocycles. The Morgan fingerprint density at radius 3 is 2.78 bits per heavy atom. The molecule has 0 amide bonds. The lowest BCUT2D eigenvalue weighted by molar-refractivity contribution is 0.0693. The van der Waals surface area contributed by atoms with Crippen molar-refractivity contribution in [2.75, 3.05) is 0 Å². The van der Waals surface area contributed by atoms with Crippen LogP contribution in [0.3, 0.4) is 0 Å². The molecule has 0 spiro atoms. The van der Waals surface area contributed by atoms with E-state index in [-0.39, 0.29) is 6.10 Å². The maximum Gasteiger partial charge on any atom is 0.152 e. The highest BCUT2D eigenvalue weighted by molar-refractivity contribution is 6.01. The van der Waals surface area contributed by atoms with Gasteiger partial charge in [0.15, 0.2) is 6.10 Å². The minimum atomic E-state index is -0.393. The molecule has 8 nitrogen and oxygen atoms in total. The summed E-state index contributed by atoms with van der Waals surface area (Å²) in [6.07, 6.45) is 6.90. The van der Waals surface area contributed by atoms with Crippen molar-refractivity contribution in [3.8, 4) is 5.69 Å². The van der Waals surface area contributed by atoms with Gasteiger partial charge in [-0.1, -0.05) is 21.6 Å². The second-order valence-corrected chi connectivity index (χ2v) is 5.11. The summed E-state index contributed by atoms with van der Waals surface area (Å²) in [6, 6.07) is 4.86. The van der Waals surface area contributed by atoms with Gasteiger partial charge in [0.1, 0.15) is 11.5 Å². The fourth-order valence-electron chi connectivity index (χ4n) is 2.44. The van der Waals surface area contributed by atoms with Gasteiger partial charge in [0, 0.05) is 18.2 Å². The molecular formula is C14H12FN7O. The summed E-state index contributed by atoms with van der Waals surface area (Å²) in [5, 5.41) is 19.1. The number of hydrogen-bond acceptors (Lipinski definition) is 6. The van der Waals surface area contributed by atoms with Gasteiger partial charge in [0.05, 0.1) is 30.8 Å². The first kappa shape index (κ1) is 13.6. The summed E-state index contributed by atoms with van der Waals surface area (Å²) in [6.45, 7) is 0.548. The highest BCUT2D eigenvalue weighted by atomic mass is 19.1. The second-order valence-electron chi connectivity index (χ2n) is 5.11. The molecule has 0 aliphatic carbocycles. The van der Waals surface area contributed by atoms with E-state index in [1.54, 1.807) is 35.4 Å². The van der Waals surface area contributed by atoms with Crippen LogP contribution in [0, 0.1) is 5.82 Å². The Morgan fingerprint density at radius 2 is 2.04 bits per heavy atom. The van der Waals surface area contributed by atoms with Crippen molar-refractivity contribution in [2.45, 2.75) is 19.1 Å². The van der Waals surface area contributed by atoms with Gasteiger partial charge < -0.3 is 4.84 Å². The first-order valence-corrected chi connectivity index (χ1v) is 7.03. The highest BCUT2D eigenvalue weighted by Gasteiger charge is 2.23. The molecule has 1 aliphatic rings. The van der Waals surface area contributed by atoms with E-state index < -0.39 is 5.82 Å². The number of benzene rings is 1. The Balaban J connectivity index is 1.50. The molecule has 0 fully saturated rings. The molecule has 3 aromatic rings. The number of oxime groups is 1. The van der Waals surface area contributed by atoms with Crippen LogP contribution in [0.15, 0.2) is 48.1 Å². The van der Waals surface area contributed by atoms with Crippen LogP contribution in [0.25, 0.3) is 5.69 Å². The quantitative estimate of drug-likeness (QED) is 0.722. The van der Waals surface area contributed by atoms with Crippen molar-refractivity contribution < 1.29 is 9.23 Å². The lowest BCUT2D eigenvalue weighted by Gasteiger charge is -2.07. The first-order valence-electron chi connectivity index (χ1n) is 7.03. The number of halogens is 1. The summed E-state index contributed by atoms with van der Waals surface area (Å²) in [4.78, 5) is 5.39. The molecular weight excluding hydrogens is 301 g/mol. The lowest BCUT2D eigenvalue weighted by atomic mass is 10.0. The monoisotopic (exact) mass is 313 g/mol. The summed E-state index contributed by atoms with van der Waals surface area (Å²) in [5.74, 6) is -0.393. The number of hydrogen-bond donors (Lipinski definition) is 0. The summed E-state index contributed by atoms with van der Waals surface area (Å²) < 4.78 is 17.3. The van der Waals surface area contributed by atoms with Gasteiger partial charge in [-0.2, -0.15) is 0 Å². The van der Waals surface area contributed by atoms with Crippen molar-refractivity contribution in [3.05, 3.63) is 54.4 Å². The molecule has 0 radical (unpaired) electrons. The van der Waals surface area contributed by atoms with Crippen LogP contribution >= 0.6 is 0 Å². The first-order chi connectivity index (χ1) is 11.3. The van der Waals surface area contributed by atoms with Gasteiger partial charge in [-0.05, 0) is 12.1 Å². The average molecular weight is 313 g/mol. The van der Waals surface area contributed by atoms with E-state index in [1.807, 2.05) is 0 Å². The van der Waals surface area contributed by atoms with Gasteiger partial charge in [0.2, 0.25) is 0 Å². The Bertz CT molecular complexity index is 829. The van der Waals surface area contributed by atoms with E-state index >= 15 is 0 Å². The predicted molar refractivity (Wildman–Crippen MR) is 77.4 cm³/mol. The lowest BCUT2D eigenvalue weighted by Crippen LogP contribution is -2.17. The molecule has 0 saturated carbocycles. The van der Waals surface area contributed by atoms with E-state index in [2.05, 4.69) is 25.8 Å². The van der Waals surface area contributed by atoms with Crippen molar-refractivity contribution in [3.63, 3.8) is 0 Å². The Labute approximate surface area is 130 Å². The third-order valence-corrected chi connectivity index (χ3v) is 3.55. The standard InChI is InChI=1S/C14H12FN7O/c15-12-7-10(1-2-14(12)22-6-4-17-20-22)13-8-11(23-18-13)9-21-5-3-16-19-21/h1-7,11H,8-9H2/t11-/m0/s1. The van der Waals surface area contributed by atoms with Crippen molar-refractivity contribution in [1.82, 2.24) is 30.0 Å². The number of aromatic nitrogens is 6. The van der Waals surface area contributed by atoms with Crippen molar-refractivity contribution >= 4 is 5.71 Å². The molecule has 4 rings (SSSR count). The third-order valence-electron chi connectivity index (χ3n) is 3.55. The summed E-state index contributed by atoms with van der Waals surface area (Å²) in [5.41, 5.74) is 1.73. The molecule has 0 saturated heterocycles. The van der Waals surface area contributed by atoms with Gasteiger partial charge in [-0.3, -0.25) is 0 Å². The molecule has 0 bridgehead atoms. The van der Waals surface area contributed by atoms with Gasteiger partial charge in [0.25, 0.3) is 0 Å². The minimum absolute atomic E-state index is 0.134. The molecule has 9 heteroatoms. The fourth-order valence-corrected chi connectivity index (χ4v) is 2.44. The zero-order valence-electron chi connectivity index (χ0n) is 11.9. The second kappa shape index (κ2) is 5.59. The fraction of sp³-hybridized carbons (Fsp3) is 0.214. The van der Waals surface area contributed by atoms with Gasteiger partial charge >= 0.3 is 0 Å². The minimum Gasteiger partial charge on any atom is -0.390 e. The number of rotatable bonds is 4. The van der Waals surface area contributed by atoms with E-state index in [0.29, 0.717) is 29.9 Å². The predicted octanol–water partition coefficient (Wildman–Crippen LogP) is 1.19. The van der Waals surface area contributed by atoms with Crippen molar-refractivity contribution in [2.24, 2.45) is 5.16 Å². The Morgan fingerprint density at radius 1 is 1.17 bits per heavy atom. The molecule has 116 valence electrons. The Kier molecular flexibility index (Phi) is 3.30. The van der Waals surface area contributed by atoms with E-state index in [0.717, 1.165) is 0 Å². The maximum atomic E-state index is 14.3. The maximum absolute atomic E-state index is 14.3. The number of nitrogens with zero attached hydrogens (tertiary/aromatic N) is 7. The highest BCUT2D eigenvalue weighted by Crippen LogP contribution is 2.21. The van der Waals surface area contributed by atoms with Crippen LogP contribution < -0.4 is 0 Å². The topological polar surface area (TPSA) is 83.0 Å². The largest absolute Gasteiger partial charge is 0.390 e. The van der Waals surface area contributed by atoms with E-state index in [9.17, 15) is 4.39 Å². The molecule has 2 aromatic heterocycles. The third kappa shape index (κ3) is 2.68. The SMILES string of the molecule is Fc1cc(C2=NO[C@H](Cn3ccnn3)C2)ccc1-n1ccnn1. The molecule has 23 heavy (non-hydrogen) atoms. The van der Waals surface area contributed by atoms with Crippen LogP contribution in [-0.4, -0.2) is 41.8 Å². The molecule has 0 N–H and O–H groups in total. The van der Waals surface area contributed by atoms with Crippen LogP contribution in [-0.2, 0) is 11.4 Å². The van der Waals surface area contributed by atoms with E-state index in [4.69, 9.17) is 4.84 Å². The zero-order chi connectivity index (χ0) is 15.6. The smallest absolute Gasteiger partial charge is 0.152 e. The summed E-state index contributed by atoms with van der Waals surface area (Å²) in [7, 11) is 0. The molecule has 1 aromatic carbocycles. The van der Waals surface area contributed by atoms with Crippen LogP contribution in [0.1, 0.15) is 12.0 Å². The van der Waals surface area contributed by atoms with Gasteiger partial charge in [-0.15, -0.1) is 10.2 Å². The molecule has 0 unspecified atom stereocenters. The van der Waals surface area contributed by atoms with Crippen molar-refractivity contribution in [1.29, 1.82) is 0 Å².